The van der Waals surface area contributed by atoms with Crippen LogP contribution in [0.4, 0.5) is 0 Å². The number of carbonyl (C=O) groups excluding carboxylic acids is 2. The number of amides is 1. The van der Waals surface area contributed by atoms with E-state index in [1.165, 1.54) is 32.2 Å². The van der Waals surface area contributed by atoms with Gasteiger partial charge < -0.3 is 4.74 Å². The third-order valence-corrected chi connectivity index (χ3v) is 6.63. The molecule has 1 amide bonds. The molecular weight excluding hydrogens is 330 g/mol. The van der Waals surface area contributed by atoms with E-state index in [4.69, 9.17) is 4.74 Å². The number of benzene rings is 1. The molecule has 1 fully saturated rings. The largest absolute Gasteiger partial charge is 0.363 e. The Bertz CT molecular complexity index is 827. The fourth-order valence-electron chi connectivity index (χ4n) is 3.46. The number of ether oxygens (including phenoxy) is 1. The number of aryl methyl sites for hydroxylation is 1. The second kappa shape index (κ2) is 5.53. The van der Waals surface area contributed by atoms with Crippen molar-refractivity contribution in [3.8, 4) is 0 Å². The van der Waals surface area contributed by atoms with E-state index in [1.54, 1.807) is 18.2 Å². The van der Waals surface area contributed by atoms with E-state index < -0.39 is 33.5 Å². The van der Waals surface area contributed by atoms with Crippen molar-refractivity contribution in [1.29, 1.82) is 0 Å². The third kappa shape index (κ3) is 2.22. The smallest absolute Gasteiger partial charge is 0.273 e. The zero-order chi connectivity index (χ0) is 17.7. The van der Waals surface area contributed by atoms with E-state index in [0.717, 1.165) is 9.87 Å². The van der Waals surface area contributed by atoms with Crippen LogP contribution in [0.2, 0.25) is 0 Å². The summed E-state index contributed by atoms with van der Waals surface area (Å²) in [4.78, 5) is 24.9. The van der Waals surface area contributed by atoms with Crippen LogP contribution in [0.1, 0.15) is 18.9 Å². The highest BCUT2D eigenvalue weighted by molar-refractivity contribution is 7.89. The van der Waals surface area contributed by atoms with Gasteiger partial charge in [-0.05, 0) is 38.5 Å². The number of hydrogen-bond acceptors (Lipinski definition) is 5. The van der Waals surface area contributed by atoms with E-state index in [-0.39, 0.29) is 17.1 Å². The Morgan fingerprint density at radius 1 is 1.29 bits per heavy atom. The summed E-state index contributed by atoms with van der Waals surface area (Å²) in [6.45, 7) is 3.25. The highest BCUT2D eigenvalue weighted by Gasteiger charge is 2.60. The Kier molecular flexibility index (Phi) is 3.88. The lowest BCUT2D eigenvalue weighted by Gasteiger charge is -2.49. The van der Waals surface area contributed by atoms with Crippen molar-refractivity contribution in [2.75, 3.05) is 7.11 Å². The lowest BCUT2D eigenvalue weighted by Crippen LogP contribution is -2.66. The van der Waals surface area contributed by atoms with Crippen molar-refractivity contribution in [3.63, 3.8) is 0 Å². The molecule has 0 spiro atoms. The van der Waals surface area contributed by atoms with Gasteiger partial charge in [0, 0.05) is 7.11 Å². The predicted molar refractivity (Wildman–Crippen MR) is 86.7 cm³/mol. The molecule has 1 aromatic rings. The topological polar surface area (TPSA) is 80.8 Å². The standard InChI is InChI=1S/C17H19NO5S/c1-11-4-6-14(7-5-11)24(21,22)18-13-8-9-17(23-3,16(18)20)15(10-13)12(2)19/h4-9,13,15H,10H2,1-3H3/t13-,15-,17-/m1/s1. The maximum Gasteiger partial charge on any atom is 0.273 e. The van der Waals surface area contributed by atoms with Gasteiger partial charge in [0.05, 0.1) is 16.9 Å². The van der Waals surface area contributed by atoms with Crippen LogP contribution in [-0.2, 0) is 24.3 Å². The predicted octanol–water partition coefficient (Wildman–Crippen LogP) is 1.44. The number of nitrogens with zero attached hydrogens (tertiary/aromatic N) is 1. The van der Waals surface area contributed by atoms with Gasteiger partial charge >= 0.3 is 0 Å². The molecule has 6 nitrogen and oxygen atoms in total. The zero-order valence-electron chi connectivity index (χ0n) is 13.7. The summed E-state index contributed by atoms with van der Waals surface area (Å²) in [5.74, 6) is -1.56. The van der Waals surface area contributed by atoms with Gasteiger partial charge in [0.15, 0.2) is 5.60 Å². The number of fused-ring (bicyclic) bond motifs is 2. The van der Waals surface area contributed by atoms with E-state index in [0.29, 0.717) is 0 Å². The molecule has 4 rings (SSSR count). The molecule has 3 aliphatic rings. The molecule has 2 aliphatic heterocycles. The van der Waals surface area contributed by atoms with Gasteiger partial charge in [-0.1, -0.05) is 23.8 Å². The number of Topliss-reactive ketones (excluding diaryl/α,β-unsaturated/α-hetero) is 1. The molecule has 0 saturated carbocycles. The van der Waals surface area contributed by atoms with Crippen LogP contribution >= 0.6 is 0 Å². The van der Waals surface area contributed by atoms with E-state index in [2.05, 4.69) is 0 Å². The van der Waals surface area contributed by atoms with Gasteiger partial charge in [-0.15, -0.1) is 0 Å². The number of hydrogen-bond donors (Lipinski definition) is 0. The van der Waals surface area contributed by atoms with Gasteiger partial charge in [0.25, 0.3) is 15.9 Å². The molecule has 1 aromatic carbocycles. The van der Waals surface area contributed by atoms with Crippen molar-refractivity contribution in [3.05, 3.63) is 42.0 Å². The van der Waals surface area contributed by atoms with Gasteiger partial charge in [-0.2, -0.15) is 0 Å². The molecule has 24 heavy (non-hydrogen) atoms. The third-order valence-electron chi connectivity index (χ3n) is 4.80. The Morgan fingerprint density at radius 2 is 1.92 bits per heavy atom. The molecule has 0 aromatic heterocycles. The van der Waals surface area contributed by atoms with Crippen LogP contribution in [0, 0.1) is 12.8 Å². The maximum absolute atomic E-state index is 13.0. The summed E-state index contributed by atoms with van der Waals surface area (Å²) in [7, 11) is -2.69. The number of carbonyl (C=O) groups is 2. The Hall–Kier alpha value is -1.99. The lowest BCUT2D eigenvalue weighted by atomic mass is 9.72. The van der Waals surface area contributed by atoms with E-state index >= 15 is 0 Å². The first-order valence-corrected chi connectivity index (χ1v) is 9.08. The van der Waals surface area contributed by atoms with Crippen LogP contribution in [-0.4, -0.2) is 43.2 Å². The van der Waals surface area contributed by atoms with Crippen LogP contribution in [0.5, 0.6) is 0 Å². The summed E-state index contributed by atoms with van der Waals surface area (Å²) in [6, 6.07) is 5.65. The number of ketones is 1. The molecule has 128 valence electrons. The average molecular weight is 349 g/mol. The van der Waals surface area contributed by atoms with Gasteiger partial charge in [0.2, 0.25) is 0 Å². The van der Waals surface area contributed by atoms with Crippen LogP contribution in [0.25, 0.3) is 0 Å². The first-order chi connectivity index (χ1) is 11.2. The number of piperidine rings is 1. The van der Waals surface area contributed by atoms with Crippen molar-refractivity contribution < 1.29 is 22.7 Å². The molecule has 0 radical (unpaired) electrons. The van der Waals surface area contributed by atoms with Gasteiger partial charge in [0.1, 0.15) is 5.78 Å². The van der Waals surface area contributed by atoms with Gasteiger partial charge in [-0.25, -0.2) is 12.7 Å². The van der Waals surface area contributed by atoms with Crippen LogP contribution in [0.15, 0.2) is 41.3 Å². The molecule has 1 aliphatic carbocycles. The molecule has 0 unspecified atom stereocenters. The number of rotatable bonds is 4. The second-order valence-corrected chi connectivity index (χ2v) is 8.06. The summed E-state index contributed by atoms with van der Waals surface area (Å²) in [5.41, 5.74) is -0.622. The highest BCUT2D eigenvalue weighted by atomic mass is 32.2. The minimum Gasteiger partial charge on any atom is -0.363 e. The molecular formula is C17H19NO5S. The summed E-state index contributed by atoms with van der Waals surface area (Å²) in [6.07, 6.45) is 3.39. The SMILES string of the molecule is CO[C@]12C=C[C@H](C[C@@H]1C(C)=O)N(S(=O)(=O)c1ccc(C)cc1)C2=O. The molecule has 2 heterocycles. The van der Waals surface area contributed by atoms with Crippen LogP contribution < -0.4 is 0 Å². The van der Waals surface area contributed by atoms with Crippen molar-refractivity contribution in [2.24, 2.45) is 5.92 Å². The van der Waals surface area contributed by atoms with E-state index in [9.17, 15) is 18.0 Å². The fourth-order valence-corrected chi connectivity index (χ4v) is 5.04. The van der Waals surface area contributed by atoms with Crippen molar-refractivity contribution in [1.82, 2.24) is 4.31 Å². The molecule has 2 bridgehead atoms. The van der Waals surface area contributed by atoms with Crippen molar-refractivity contribution >= 4 is 21.7 Å². The monoisotopic (exact) mass is 349 g/mol. The average Bonchev–Trinajstić information content (AvgIpc) is 2.55. The molecule has 7 heteroatoms. The summed E-state index contributed by atoms with van der Waals surface area (Å²) >= 11 is 0. The van der Waals surface area contributed by atoms with Crippen molar-refractivity contribution in [2.45, 2.75) is 36.8 Å². The number of sulfonamides is 1. The Labute approximate surface area is 141 Å². The Morgan fingerprint density at radius 3 is 2.46 bits per heavy atom. The Balaban J connectivity index is 2.09. The second-order valence-electron chi connectivity index (χ2n) is 6.24. The minimum absolute atomic E-state index is 0.0491. The quantitative estimate of drug-likeness (QED) is 0.769. The summed E-state index contributed by atoms with van der Waals surface area (Å²) < 4.78 is 32.2. The first-order valence-electron chi connectivity index (χ1n) is 7.64. The summed E-state index contributed by atoms with van der Waals surface area (Å²) in [5, 5.41) is 0. The normalized spacial score (nSPS) is 29.1. The number of methoxy groups -OCH3 is 1. The lowest BCUT2D eigenvalue weighted by molar-refractivity contribution is -0.164. The molecule has 1 saturated heterocycles. The molecule has 3 atom stereocenters. The van der Waals surface area contributed by atoms with E-state index in [1.807, 2.05) is 6.92 Å². The first kappa shape index (κ1) is 16.9. The van der Waals surface area contributed by atoms with Crippen LogP contribution in [0.3, 0.4) is 0 Å². The fraction of sp³-hybridized carbons (Fsp3) is 0.412. The zero-order valence-corrected chi connectivity index (χ0v) is 14.5. The van der Waals surface area contributed by atoms with Gasteiger partial charge in [-0.3, -0.25) is 9.59 Å². The minimum atomic E-state index is -4.01. The molecule has 0 N–H and O–H groups in total. The highest BCUT2D eigenvalue weighted by Crippen LogP contribution is 2.43. The maximum atomic E-state index is 13.0.